The highest BCUT2D eigenvalue weighted by Gasteiger charge is 2.20. The van der Waals surface area contributed by atoms with Gasteiger partial charge in [0.2, 0.25) is 5.91 Å². The van der Waals surface area contributed by atoms with E-state index in [0.29, 0.717) is 16.5 Å². The molecule has 3 aromatic carbocycles. The Morgan fingerprint density at radius 1 is 1.03 bits per heavy atom. The van der Waals surface area contributed by atoms with Crippen molar-refractivity contribution in [1.29, 1.82) is 0 Å². The van der Waals surface area contributed by atoms with Crippen molar-refractivity contribution in [2.75, 3.05) is 5.75 Å². The van der Waals surface area contributed by atoms with Crippen molar-refractivity contribution in [3.63, 3.8) is 0 Å². The van der Waals surface area contributed by atoms with E-state index >= 15 is 0 Å². The Morgan fingerprint density at radius 3 is 2.48 bits per heavy atom. The number of rotatable bonds is 7. The monoisotopic (exact) mass is 458 g/mol. The van der Waals surface area contributed by atoms with Gasteiger partial charge >= 0.3 is 0 Å². The van der Waals surface area contributed by atoms with Crippen molar-refractivity contribution < 1.29 is 9.90 Å². The van der Waals surface area contributed by atoms with Crippen molar-refractivity contribution in [3.05, 3.63) is 89.5 Å². The lowest BCUT2D eigenvalue weighted by molar-refractivity contribution is -0.119. The Kier molecular flexibility index (Phi) is 6.79. The van der Waals surface area contributed by atoms with Crippen LogP contribution in [0.1, 0.15) is 29.7 Å². The normalized spacial score (nSPS) is 11.8. The summed E-state index contributed by atoms with van der Waals surface area (Å²) in [5, 5.41) is 22.8. The molecule has 0 fully saturated rings. The van der Waals surface area contributed by atoms with Crippen molar-refractivity contribution >= 4 is 17.7 Å². The lowest BCUT2D eigenvalue weighted by Crippen LogP contribution is -2.28. The fraction of sp³-hybridized carbons (Fsp3) is 0.192. The highest BCUT2D eigenvalue weighted by molar-refractivity contribution is 7.99. The summed E-state index contributed by atoms with van der Waals surface area (Å²) in [6.07, 6.45) is 0. The first kappa shape index (κ1) is 22.6. The van der Waals surface area contributed by atoms with E-state index in [1.165, 1.54) is 11.8 Å². The van der Waals surface area contributed by atoms with Gasteiger partial charge in [-0.15, -0.1) is 10.2 Å². The van der Waals surface area contributed by atoms with Crippen LogP contribution in [0.15, 0.2) is 78.0 Å². The van der Waals surface area contributed by atoms with E-state index in [0.717, 1.165) is 22.4 Å². The molecule has 1 atom stereocenters. The fourth-order valence-electron chi connectivity index (χ4n) is 3.71. The summed E-state index contributed by atoms with van der Waals surface area (Å²) in [5.41, 5.74) is 4.74. The molecular formula is C26H26N4O2S. The van der Waals surface area contributed by atoms with E-state index in [-0.39, 0.29) is 23.5 Å². The van der Waals surface area contributed by atoms with Gasteiger partial charge in [0.15, 0.2) is 11.0 Å². The molecule has 0 saturated carbocycles. The van der Waals surface area contributed by atoms with Crippen LogP contribution in [0.25, 0.3) is 17.1 Å². The Bertz CT molecular complexity index is 1270. The number of carbonyl (C=O) groups excluding carboxylic acids is 1. The number of aromatic nitrogens is 3. The van der Waals surface area contributed by atoms with E-state index < -0.39 is 0 Å². The van der Waals surface area contributed by atoms with Gasteiger partial charge in [-0.1, -0.05) is 71.9 Å². The second-order valence-corrected chi connectivity index (χ2v) is 8.88. The standard InChI is InChI=1S/C26H26N4O2S/c1-17-13-14-22(18(2)15-17)30-25(21-11-7-8-12-23(21)31)28-29-26(30)33-16-24(32)27-19(3)20-9-5-4-6-10-20/h4-15,19,31H,16H2,1-3H3,(H,27,32)/t19-/m0/s1. The molecule has 6 nitrogen and oxygen atoms in total. The highest BCUT2D eigenvalue weighted by atomic mass is 32.2. The molecule has 0 aliphatic heterocycles. The predicted molar refractivity (Wildman–Crippen MR) is 132 cm³/mol. The summed E-state index contributed by atoms with van der Waals surface area (Å²) in [6, 6.07) is 22.9. The Hall–Kier alpha value is -3.58. The quantitative estimate of drug-likeness (QED) is 0.371. The van der Waals surface area contributed by atoms with Gasteiger partial charge in [-0.3, -0.25) is 9.36 Å². The van der Waals surface area contributed by atoms with Gasteiger partial charge in [-0.05, 0) is 50.1 Å². The maximum atomic E-state index is 12.7. The number of hydrogen-bond acceptors (Lipinski definition) is 5. The molecule has 4 rings (SSSR count). The summed E-state index contributed by atoms with van der Waals surface area (Å²) in [5.74, 6) is 0.763. The molecule has 0 aliphatic rings. The molecule has 2 N–H and O–H groups in total. The third-order valence-corrected chi connectivity index (χ3v) is 6.31. The van der Waals surface area contributed by atoms with Crippen LogP contribution in [0.2, 0.25) is 0 Å². The van der Waals surface area contributed by atoms with Crippen LogP contribution < -0.4 is 5.32 Å². The minimum Gasteiger partial charge on any atom is -0.507 e. The average Bonchev–Trinajstić information content (AvgIpc) is 3.22. The zero-order valence-electron chi connectivity index (χ0n) is 18.8. The SMILES string of the molecule is Cc1ccc(-n2c(SCC(=O)N[C@@H](C)c3ccccc3)nnc2-c2ccccc2O)c(C)c1. The molecule has 1 aromatic heterocycles. The molecular weight excluding hydrogens is 432 g/mol. The van der Waals surface area contributed by atoms with Crippen molar-refractivity contribution in [3.8, 4) is 22.8 Å². The summed E-state index contributed by atoms with van der Waals surface area (Å²) in [4.78, 5) is 12.7. The van der Waals surface area contributed by atoms with E-state index in [1.807, 2.05) is 79.9 Å². The zero-order valence-corrected chi connectivity index (χ0v) is 19.6. The molecule has 1 heterocycles. The Balaban J connectivity index is 1.62. The van der Waals surface area contributed by atoms with Crippen LogP contribution in [0.4, 0.5) is 0 Å². The summed E-state index contributed by atoms with van der Waals surface area (Å²) in [7, 11) is 0. The number of nitrogens with one attached hydrogen (secondary N) is 1. The number of para-hydroxylation sites is 1. The number of hydrogen-bond donors (Lipinski definition) is 2. The van der Waals surface area contributed by atoms with Crippen molar-refractivity contribution in [2.45, 2.75) is 32.0 Å². The van der Waals surface area contributed by atoms with E-state index in [9.17, 15) is 9.90 Å². The molecule has 0 radical (unpaired) electrons. The van der Waals surface area contributed by atoms with Gasteiger partial charge in [-0.25, -0.2) is 0 Å². The smallest absolute Gasteiger partial charge is 0.230 e. The number of benzene rings is 3. The fourth-order valence-corrected chi connectivity index (χ4v) is 4.47. The van der Waals surface area contributed by atoms with Gasteiger partial charge in [0.05, 0.1) is 23.0 Å². The maximum Gasteiger partial charge on any atom is 0.230 e. The number of aryl methyl sites for hydroxylation is 2. The number of amides is 1. The van der Waals surface area contributed by atoms with Gasteiger partial charge in [0.25, 0.3) is 0 Å². The third-order valence-electron chi connectivity index (χ3n) is 5.38. The first-order valence-electron chi connectivity index (χ1n) is 10.7. The second kappa shape index (κ2) is 9.92. The maximum absolute atomic E-state index is 12.7. The molecule has 0 bridgehead atoms. The molecule has 0 spiro atoms. The third kappa shape index (κ3) is 5.09. The summed E-state index contributed by atoms with van der Waals surface area (Å²) < 4.78 is 1.91. The van der Waals surface area contributed by atoms with Crippen LogP contribution in [-0.2, 0) is 4.79 Å². The zero-order chi connectivity index (χ0) is 23.4. The van der Waals surface area contributed by atoms with Crippen LogP contribution in [-0.4, -0.2) is 31.5 Å². The predicted octanol–water partition coefficient (Wildman–Crippen LogP) is 5.23. The van der Waals surface area contributed by atoms with Gasteiger partial charge in [0, 0.05) is 0 Å². The number of nitrogens with zero attached hydrogens (tertiary/aromatic N) is 3. The topological polar surface area (TPSA) is 80.0 Å². The molecule has 0 saturated heterocycles. The number of phenols is 1. The molecule has 0 aliphatic carbocycles. The number of thioether (sulfide) groups is 1. The second-order valence-electron chi connectivity index (χ2n) is 7.94. The average molecular weight is 459 g/mol. The molecule has 4 aromatic rings. The number of carbonyl (C=O) groups is 1. The Morgan fingerprint density at radius 2 is 1.76 bits per heavy atom. The first-order valence-corrected chi connectivity index (χ1v) is 11.7. The lowest BCUT2D eigenvalue weighted by Gasteiger charge is -2.15. The van der Waals surface area contributed by atoms with Crippen molar-refractivity contribution in [1.82, 2.24) is 20.1 Å². The largest absolute Gasteiger partial charge is 0.507 e. The van der Waals surface area contributed by atoms with Gasteiger partial charge in [0.1, 0.15) is 5.75 Å². The first-order chi connectivity index (χ1) is 15.9. The molecule has 33 heavy (non-hydrogen) atoms. The Labute approximate surface area is 197 Å². The minimum atomic E-state index is -0.0895. The van der Waals surface area contributed by atoms with E-state index in [1.54, 1.807) is 12.1 Å². The highest BCUT2D eigenvalue weighted by Crippen LogP contribution is 2.33. The van der Waals surface area contributed by atoms with Gasteiger partial charge in [-0.2, -0.15) is 0 Å². The van der Waals surface area contributed by atoms with Crippen LogP contribution in [0, 0.1) is 13.8 Å². The van der Waals surface area contributed by atoms with Crippen LogP contribution in [0.3, 0.4) is 0 Å². The molecule has 1 amide bonds. The van der Waals surface area contributed by atoms with Crippen molar-refractivity contribution in [2.24, 2.45) is 0 Å². The summed E-state index contributed by atoms with van der Waals surface area (Å²) in [6.45, 7) is 6.03. The lowest BCUT2D eigenvalue weighted by atomic mass is 10.1. The number of phenolic OH excluding ortho intramolecular Hbond substituents is 1. The van der Waals surface area contributed by atoms with Crippen LogP contribution >= 0.6 is 11.8 Å². The minimum absolute atomic E-state index is 0.0874. The van der Waals surface area contributed by atoms with Crippen LogP contribution in [0.5, 0.6) is 5.75 Å². The molecule has 0 unspecified atom stereocenters. The molecule has 168 valence electrons. The van der Waals surface area contributed by atoms with Gasteiger partial charge < -0.3 is 10.4 Å². The summed E-state index contributed by atoms with van der Waals surface area (Å²) >= 11 is 1.32. The van der Waals surface area contributed by atoms with E-state index in [4.69, 9.17) is 0 Å². The van der Waals surface area contributed by atoms with E-state index in [2.05, 4.69) is 21.6 Å². The molecule has 7 heteroatoms. The number of aromatic hydroxyl groups is 1.